The molecule has 4 rings (SSSR count). The molecule has 1 N–H and O–H groups in total. The lowest BCUT2D eigenvalue weighted by atomic mass is 9.93. The summed E-state index contributed by atoms with van der Waals surface area (Å²) in [6.45, 7) is 0. The van der Waals surface area contributed by atoms with Crippen molar-refractivity contribution < 1.29 is 4.79 Å². The molecule has 1 amide bonds. The van der Waals surface area contributed by atoms with E-state index < -0.39 is 0 Å². The number of hydrogen-bond donors (Lipinski definition) is 1. The fourth-order valence-electron chi connectivity index (χ4n) is 2.96. The van der Waals surface area contributed by atoms with E-state index in [9.17, 15) is 4.79 Å². The predicted octanol–water partition coefficient (Wildman–Crippen LogP) is 2.97. The summed E-state index contributed by atoms with van der Waals surface area (Å²) in [6, 6.07) is 8.18. The molecule has 118 valence electrons. The zero-order chi connectivity index (χ0) is 15.6. The monoisotopic (exact) mass is 309 g/mol. The smallest absolute Gasteiger partial charge is 0.227 e. The second-order valence-electron chi connectivity index (χ2n) is 6.23. The lowest BCUT2D eigenvalue weighted by Crippen LogP contribution is -2.23. The Bertz CT molecular complexity index is 747. The van der Waals surface area contributed by atoms with Crippen molar-refractivity contribution in [2.24, 2.45) is 5.92 Å². The van der Waals surface area contributed by atoms with Crippen LogP contribution in [0.25, 0.3) is 11.4 Å². The Balaban J connectivity index is 1.53. The van der Waals surface area contributed by atoms with Crippen LogP contribution in [0.1, 0.15) is 38.1 Å². The minimum absolute atomic E-state index is 0.0699. The van der Waals surface area contributed by atoms with Crippen molar-refractivity contribution in [1.29, 1.82) is 0 Å². The molecule has 1 atom stereocenters. The van der Waals surface area contributed by atoms with Crippen LogP contribution in [0.4, 0.5) is 5.69 Å². The molecule has 1 saturated carbocycles. The first-order valence-electron chi connectivity index (χ1n) is 8.15. The van der Waals surface area contributed by atoms with Crippen LogP contribution in [0.5, 0.6) is 0 Å². The second kappa shape index (κ2) is 5.95. The van der Waals surface area contributed by atoms with Gasteiger partial charge in [0.15, 0.2) is 5.82 Å². The minimum Gasteiger partial charge on any atom is -0.326 e. The number of aromatic nitrogens is 4. The van der Waals surface area contributed by atoms with E-state index in [1.165, 1.54) is 0 Å². The summed E-state index contributed by atoms with van der Waals surface area (Å²) in [7, 11) is 0. The van der Waals surface area contributed by atoms with E-state index in [-0.39, 0.29) is 11.8 Å². The number of nitrogens with zero attached hydrogens (tertiary/aromatic N) is 4. The van der Waals surface area contributed by atoms with E-state index in [4.69, 9.17) is 0 Å². The number of benzene rings is 1. The molecular formula is C17H19N5O. The highest BCUT2D eigenvalue weighted by molar-refractivity contribution is 5.93. The van der Waals surface area contributed by atoms with Gasteiger partial charge in [-0.1, -0.05) is 24.3 Å². The molecule has 1 aromatic heterocycles. The Morgan fingerprint density at radius 3 is 2.91 bits per heavy atom. The molecule has 2 aliphatic carbocycles. The van der Waals surface area contributed by atoms with E-state index in [0.29, 0.717) is 6.04 Å². The maximum absolute atomic E-state index is 12.4. The van der Waals surface area contributed by atoms with E-state index >= 15 is 0 Å². The highest BCUT2D eigenvalue weighted by atomic mass is 16.1. The average Bonchev–Trinajstić information content (AvgIpc) is 3.32. The molecule has 0 unspecified atom stereocenters. The SMILES string of the molecule is O=C(Nc1cccc(-c2nnnn2C2CC2)c1)[C@@H]1CC=CCC1. The van der Waals surface area contributed by atoms with Crippen molar-refractivity contribution in [1.82, 2.24) is 20.2 Å². The molecular weight excluding hydrogens is 290 g/mol. The predicted molar refractivity (Wildman–Crippen MR) is 86.6 cm³/mol. The largest absolute Gasteiger partial charge is 0.326 e. The van der Waals surface area contributed by atoms with Gasteiger partial charge in [-0.2, -0.15) is 0 Å². The highest BCUT2D eigenvalue weighted by Gasteiger charge is 2.28. The Kier molecular flexibility index (Phi) is 3.65. The Morgan fingerprint density at radius 1 is 1.22 bits per heavy atom. The first kappa shape index (κ1) is 14.1. The molecule has 1 fully saturated rings. The van der Waals surface area contributed by atoms with Crippen LogP contribution in [0.3, 0.4) is 0 Å². The summed E-state index contributed by atoms with van der Waals surface area (Å²) >= 11 is 0. The van der Waals surface area contributed by atoms with Crippen LogP contribution < -0.4 is 5.32 Å². The van der Waals surface area contributed by atoms with Gasteiger partial charge >= 0.3 is 0 Å². The van der Waals surface area contributed by atoms with Gasteiger partial charge in [-0.25, -0.2) is 4.68 Å². The van der Waals surface area contributed by atoms with E-state index in [0.717, 1.165) is 49.2 Å². The topological polar surface area (TPSA) is 72.7 Å². The van der Waals surface area contributed by atoms with Gasteiger partial charge in [0.2, 0.25) is 5.91 Å². The van der Waals surface area contributed by atoms with Gasteiger partial charge < -0.3 is 5.32 Å². The second-order valence-corrected chi connectivity index (χ2v) is 6.23. The summed E-state index contributed by atoms with van der Waals surface area (Å²) < 4.78 is 1.88. The fourth-order valence-corrected chi connectivity index (χ4v) is 2.96. The maximum atomic E-state index is 12.4. The van der Waals surface area contributed by atoms with Crippen molar-refractivity contribution in [3.8, 4) is 11.4 Å². The fraction of sp³-hybridized carbons (Fsp3) is 0.412. The van der Waals surface area contributed by atoms with E-state index in [2.05, 4.69) is 33.0 Å². The molecule has 0 bridgehead atoms. The third-order valence-electron chi connectivity index (χ3n) is 4.41. The molecule has 1 heterocycles. The third kappa shape index (κ3) is 3.02. The molecule has 2 aliphatic rings. The minimum atomic E-state index is 0.0699. The van der Waals surface area contributed by atoms with Gasteiger partial charge in [0.25, 0.3) is 0 Å². The third-order valence-corrected chi connectivity index (χ3v) is 4.41. The van der Waals surface area contributed by atoms with Crippen molar-refractivity contribution in [3.05, 3.63) is 36.4 Å². The highest BCUT2D eigenvalue weighted by Crippen LogP contribution is 2.36. The molecule has 23 heavy (non-hydrogen) atoms. The van der Waals surface area contributed by atoms with Crippen LogP contribution in [-0.4, -0.2) is 26.1 Å². The molecule has 0 spiro atoms. The zero-order valence-corrected chi connectivity index (χ0v) is 12.9. The number of nitrogens with one attached hydrogen (secondary N) is 1. The number of tetrazole rings is 1. The van der Waals surface area contributed by atoms with Crippen molar-refractivity contribution in [2.45, 2.75) is 38.1 Å². The Labute approximate surface area is 134 Å². The molecule has 6 nitrogen and oxygen atoms in total. The first-order valence-corrected chi connectivity index (χ1v) is 8.15. The van der Waals surface area contributed by atoms with Crippen LogP contribution in [0.2, 0.25) is 0 Å². The van der Waals surface area contributed by atoms with E-state index in [1.807, 2.05) is 28.9 Å². The van der Waals surface area contributed by atoms with Gasteiger partial charge in [-0.15, -0.1) is 5.10 Å². The van der Waals surface area contributed by atoms with Gasteiger partial charge in [-0.3, -0.25) is 4.79 Å². The molecule has 2 aromatic rings. The number of rotatable bonds is 4. The lowest BCUT2D eigenvalue weighted by Gasteiger charge is -2.17. The van der Waals surface area contributed by atoms with Crippen molar-refractivity contribution in [3.63, 3.8) is 0 Å². The molecule has 0 radical (unpaired) electrons. The summed E-state index contributed by atoms with van der Waals surface area (Å²) in [4.78, 5) is 12.4. The molecule has 1 aromatic carbocycles. The van der Waals surface area contributed by atoms with Crippen molar-refractivity contribution >= 4 is 11.6 Å². The van der Waals surface area contributed by atoms with Crippen LogP contribution in [-0.2, 0) is 4.79 Å². The molecule has 0 aliphatic heterocycles. The standard InChI is InChI=1S/C17H19N5O/c23-17(12-5-2-1-3-6-12)18-14-8-4-7-13(11-14)16-19-20-21-22(16)15-9-10-15/h1-2,4,7-8,11-12,15H,3,5-6,9-10H2,(H,18,23)/t12-/m1/s1. The van der Waals surface area contributed by atoms with E-state index in [1.54, 1.807) is 0 Å². The number of carbonyl (C=O) groups is 1. The number of allylic oxidation sites excluding steroid dienone is 2. The Hall–Kier alpha value is -2.50. The van der Waals surface area contributed by atoms with Gasteiger partial charge in [-0.05, 0) is 54.7 Å². The van der Waals surface area contributed by atoms with Crippen LogP contribution in [0.15, 0.2) is 36.4 Å². The summed E-state index contributed by atoms with van der Waals surface area (Å²) in [5.74, 6) is 0.929. The quantitative estimate of drug-likeness (QED) is 0.881. The lowest BCUT2D eigenvalue weighted by molar-refractivity contribution is -0.120. The molecule has 6 heteroatoms. The van der Waals surface area contributed by atoms with Gasteiger partial charge in [0.1, 0.15) is 0 Å². The van der Waals surface area contributed by atoms with Crippen LogP contribution in [0, 0.1) is 5.92 Å². The molecule has 0 saturated heterocycles. The summed E-state index contributed by atoms with van der Waals surface area (Å²) in [5, 5.41) is 15.0. The maximum Gasteiger partial charge on any atom is 0.227 e. The summed E-state index contributed by atoms with van der Waals surface area (Å²) in [6.07, 6.45) is 9.21. The number of hydrogen-bond acceptors (Lipinski definition) is 4. The van der Waals surface area contributed by atoms with Crippen LogP contribution >= 0.6 is 0 Å². The summed E-state index contributed by atoms with van der Waals surface area (Å²) in [5.41, 5.74) is 1.73. The number of carbonyl (C=O) groups excluding carboxylic acids is 1. The normalized spacial score (nSPS) is 20.4. The van der Waals surface area contributed by atoms with Gasteiger partial charge in [0, 0.05) is 17.2 Å². The average molecular weight is 309 g/mol. The van der Waals surface area contributed by atoms with Crippen molar-refractivity contribution in [2.75, 3.05) is 5.32 Å². The first-order chi connectivity index (χ1) is 11.3. The zero-order valence-electron chi connectivity index (χ0n) is 12.9. The van der Waals surface area contributed by atoms with Gasteiger partial charge in [0.05, 0.1) is 6.04 Å². The Morgan fingerprint density at radius 2 is 2.13 bits per heavy atom. The number of anilines is 1. The number of amides is 1.